The van der Waals surface area contributed by atoms with E-state index in [-0.39, 0.29) is 11.3 Å². The van der Waals surface area contributed by atoms with Gasteiger partial charge in [-0.25, -0.2) is 5.43 Å². The third kappa shape index (κ3) is 2.78. The van der Waals surface area contributed by atoms with E-state index >= 15 is 0 Å². The molecular weight excluding hydrogens is 278 g/mol. The zero-order valence-electron chi connectivity index (χ0n) is 11.6. The van der Waals surface area contributed by atoms with Gasteiger partial charge >= 0.3 is 0 Å². The second-order valence-electron chi connectivity index (χ2n) is 4.64. The van der Waals surface area contributed by atoms with Gasteiger partial charge in [-0.15, -0.1) is 0 Å². The van der Waals surface area contributed by atoms with Gasteiger partial charge in [0.2, 0.25) is 0 Å². The zero-order valence-corrected chi connectivity index (χ0v) is 11.6. The molecule has 2 aromatic carbocycles. The number of para-hydroxylation sites is 2. The molecule has 0 aliphatic heterocycles. The Bertz CT molecular complexity index is 854. The predicted octanol–water partition coefficient (Wildman–Crippen LogP) is 2.70. The standard InChI is InChI=1S/C17H13N3O2/c21-15-9-2-1-8-14(15)17(22)20-19-11-13-6-3-5-12-7-4-10-18-16(12)13/h1-11,21H,(H,20,22). The highest BCUT2D eigenvalue weighted by atomic mass is 16.3. The molecule has 3 aromatic rings. The Hall–Kier alpha value is -3.21. The molecule has 0 atom stereocenters. The predicted molar refractivity (Wildman–Crippen MR) is 84.9 cm³/mol. The smallest absolute Gasteiger partial charge is 0.275 e. The van der Waals surface area contributed by atoms with Crippen molar-refractivity contribution in [3.8, 4) is 5.75 Å². The van der Waals surface area contributed by atoms with Crippen molar-refractivity contribution in [1.29, 1.82) is 0 Å². The highest BCUT2D eigenvalue weighted by Crippen LogP contribution is 2.15. The zero-order chi connectivity index (χ0) is 15.4. The molecule has 0 aliphatic rings. The number of hydrogen-bond donors (Lipinski definition) is 2. The minimum Gasteiger partial charge on any atom is -0.507 e. The number of fused-ring (bicyclic) bond motifs is 1. The van der Waals surface area contributed by atoms with Crippen molar-refractivity contribution in [2.24, 2.45) is 5.10 Å². The molecule has 0 bridgehead atoms. The molecule has 5 nitrogen and oxygen atoms in total. The number of carbonyl (C=O) groups is 1. The molecule has 22 heavy (non-hydrogen) atoms. The summed E-state index contributed by atoms with van der Waals surface area (Å²) < 4.78 is 0. The van der Waals surface area contributed by atoms with Gasteiger partial charge < -0.3 is 5.11 Å². The monoisotopic (exact) mass is 291 g/mol. The van der Waals surface area contributed by atoms with E-state index in [1.54, 1.807) is 18.3 Å². The van der Waals surface area contributed by atoms with Crippen molar-refractivity contribution in [1.82, 2.24) is 10.4 Å². The number of carbonyl (C=O) groups excluding carboxylic acids is 1. The molecule has 2 N–H and O–H groups in total. The second-order valence-corrected chi connectivity index (χ2v) is 4.64. The summed E-state index contributed by atoms with van der Waals surface area (Å²) in [7, 11) is 0. The van der Waals surface area contributed by atoms with Crippen LogP contribution in [0.1, 0.15) is 15.9 Å². The number of rotatable bonds is 3. The van der Waals surface area contributed by atoms with Gasteiger partial charge in [-0.05, 0) is 18.2 Å². The van der Waals surface area contributed by atoms with Gasteiger partial charge in [0, 0.05) is 17.1 Å². The minimum absolute atomic E-state index is 0.0815. The first-order valence-corrected chi connectivity index (χ1v) is 6.71. The van der Waals surface area contributed by atoms with Crippen LogP contribution >= 0.6 is 0 Å². The maximum Gasteiger partial charge on any atom is 0.275 e. The molecule has 3 rings (SSSR count). The van der Waals surface area contributed by atoms with Crippen molar-refractivity contribution in [3.63, 3.8) is 0 Å². The first-order chi connectivity index (χ1) is 10.8. The number of nitrogens with zero attached hydrogens (tertiary/aromatic N) is 2. The largest absolute Gasteiger partial charge is 0.507 e. The van der Waals surface area contributed by atoms with Crippen LogP contribution < -0.4 is 5.43 Å². The Morgan fingerprint density at radius 1 is 1.09 bits per heavy atom. The molecule has 0 saturated heterocycles. The van der Waals surface area contributed by atoms with Crippen LogP contribution in [0.15, 0.2) is 65.9 Å². The number of hydrogen-bond acceptors (Lipinski definition) is 4. The molecule has 1 heterocycles. The SMILES string of the molecule is O=C(NN=Cc1cccc2cccnc12)c1ccccc1O. The average Bonchev–Trinajstić information content (AvgIpc) is 2.55. The fraction of sp³-hybridized carbons (Fsp3) is 0. The summed E-state index contributed by atoms with van der Waals surface area (Å²) in [5.74, 6) is -0.551. The topological polar surface area (TPSA) is 74.6 Å². The number of phenols is 1. The highest BCUT2D eigenvalue weighted by Gasteiger charge is 2.08. The Balaban J connectivity index is 1.80. The number of benzene rings is 2. The second kappa shape index (κ2) is 6.05. The van der Waals surface area contributed by atoms with Crippen LogP contribution in [0.5, 0.6) is 5.75 Å². The summed E-state index contributed by atoms with van der Waals surface area (Å²) in [6.07, 6.45) is 3.24. The summed E-state index contributed by atoms with van der Waals surface area (Å²) in [4.78, 5) is 16.2. The molecule has 0 radical (unpaired) electrons. The normalized spacial score (nSPS) is 10.9. The quantitative estimate of drug-likeness (QED) is 0.575. The Morgan fingerprint density at radius 2 is 1.91 bits per heavy atom. The molecule has 0 fully saturated rings. The van der Waals surface area contributed by atoms with Crippen LogP contribution in [0.2, 0.25) is 0 Å². The summed E-state index contributed by atoms with van der Waals surface area (Å²) >= 11 is 0. The number of phenolic OH excluding ortho intramolecular Hbond substituents is 1. The van der Waals surface area contributed by atoms with Gasteiger partial charge in [0.25, 0.3) is 5.91 Å². The van der Waals surface area contributed by atoms with Crippen LogP contribution in [0.4, 0.5) is 0 Å². The lowest BCUT2D eigenvalue weighted by atomic mass is 10.1. The van der Waals surface area contributed by atoms with Gasteiger partial charge in [-0.2, -0.15) is 5.10 Å². The van der Waals surface area contributed by atoms with Crippen molar-refractivity contribution in [3.05, 3.63) is 71.9 Å². The van der Waals surface area contributed by atoms with Crippen molar-refractivity contribution >= 4 is 23.0 Å². The number of nitrogens with one attached hydrogen (secondary N) is 1. The third-order valence-electron chi connectivity index (χ3n) is 3.18. The summed E-state index contributed by atoms with van der Waals surface area (Å²) in [5, 5.41) is 14.5. The fourth-order valence-corrected chi connectivity index (χ4v) is 2.12. The number of aromatic hydroxyl groups is 1. The number of hydrazone groups is 1. The molecule has 0 saturated carbocycles. The number of amides is 1. The van der Waals surface area contributed by atoms with Crippen LogP contribution in [0.3, 0.4) is 0 Å². The summed E-state index contributed by atoms with van der Waals surface area (Å²) in [5.41, 5.74) is 4.18. The highest BCUT2D eigenvalue weighted by molar-refractivity contribution is 5.99. The Kier molecular flexibility index (Phi) is 3.78. The van der Waals surface area contributed by atoms with Gasteiger partial charge in [0.05, 0.1) is 17.3 Å². The van der Waals surface area contributed by atoms with Crippen molar-refractivity contribution in [2.45, 2.75) is 0 Å². The molecule has 108 valence electrons. The maximum absolute atomic E-state index is 11.9. The summed E-state index contributed by atoms with van der Waals surface area (Å²) in [6.45, 7) is 0. The van der Waals surface area contributed by atoms with Gasteiger partial charge in [-0.1, -0.05) is 36.4 Å². The lowest BCUT2D eigenvalue weighted by Gasteiger charge is -2.03. The van der Waals surface area contributed by atoms with E-state index in [9.17, 15) is 9.90 Å². The number of pyridine rings is 1. The minimum atomic E-state index is -0.470. The van der Waals surface area contributed by atoms with E-state index in [1.807, 2.05) is 30.3 Å². The van der Waals surface area contributed by atoms with E-state index in [2.05, 4.69) is 15.5 Å². The van der Waals surface area contributed by atoms with Crippen LogP contribution in [-0.2, 0) is 0 Å². The number of aromatic nitrogens is 1. The fourth-order valence-electron chi connectivity index (χ4n) is 2.12. The molecule has 0 aliphatic carbocycles. The molecule has 0 spiro atoms. The van der Waals surface area contributed by atoms with Gasteiger partial charge in [0.1, 0.15) is 5.75 Å². The van der Waals surface area contributed by atoms with E-state index < -0.39 is 5.91 Å². The van der Waals surface area contributed by atoms with Crippen LogP contribution in [0, 0.1) is 0 Å². The molecular formula is C17H13N3O2. The Morgan fingerprint density at radius 3 is 2.77 bits per heavy atom. The van der Waals surface area contributed by atoms with Gasteiger partial charge in [-0.3, -0.25) is 9.78 Å². The van der Waals surface area contributed by atoms with E-state index in [0.29, 0.717) is 0 Å². The van der Waals surface area contributed by atoms with E-state index in [1.165, 1.54) is 18.3 Å². The van der Waals surface area contributed by atoms with E-state index in [0.717, 1.165) is 16.5 Å². The third-order valence-corrected chi connectivity index (χ3v) is 3.18. The van der Waals surface area contributed by atoms with Crippen molar-refractivity contribution in [2.75, 3.05) is 0 Å². The van der Waals surface area contributed by atoms with Crippen molar-refractivity contribution < 1.29 is 9.90 Å². The lowest BCUT2D eigenvalue weighted by Crippen LogP contribution is -2.17. The molecule has 1 amide bonds. The first-order valence-electron chi connectivity index (χ1n) is 6.71. The van der Waals surface area contributed by atoms with Gasteiger partial charge in [0.15, 0.2) is 0 Å². The lowest BCUT2D eigenvalue weighted by molar-refractivity contribution is 0.0952. The molecule has 5 heteroatoms. The van der Waals surface area contributed by atoms with Crippen LogP contribution in [-0.4, -0.2) is 22.2 Å². The first kappa shape index (κ1) is 13.8. The Labute approximate surface area is 126 Å². The molecule has 1 aromatic heterocycles. The molecule has 0 unspecified atom stereocenters. The van der Waals surface area contributed by atoms with Crippen LogP contribution in [0.25, 0.3) is 10.9 Å². The van der Waals surface area contributed by atoms with E-state index in [4.69, 9.17) is 0 Å². The average molecular weight is 291 g/mol. The summed E-state index contributed by atoms with van der Waals surface area (Å²) in [6, 6.07) is 15.8. The maximum atomic E-state index is 11.9.